The van der Waals surface area contributed by atoms with E-state index in [1.807, 2.05) is 25.1 Å². The molecule has 1 aromatic carbocycles. The smallest absolute Gasteiger partial charge is 0.163 e. The normalized spacial score (nSPS) is 16.8. The minimum Gasteiger partial charge on any atom is -0.369 e. The van der Waals surface area contributed by atoms with E-state index in [-0.39, 0.29) is 0 Å². The van der Waals surface area contributed by atoms with Gasteiger partial charge in [0, 0.05) is 54.5 Å². The second-order valence-electron chi connectivity index (χ2n) is 6.37. The molecule has 0 aliphatic carbocycles. The molecule has 1 saturated heterocycles. The zero-order chi connectivity index (χ0) is 17.1. The number of benzene rings is 1. The summed E-state index contributed by atoms with van der Waals surface area (Å²) < 4.78 is 0. The van der Waals surface area contributed by atoms with Crippen LogP contribution in [0.4, 0.5) is 11.5 Å². The Hall–Kier alpha value is -2.95. The first-order chi connectivity index (χ1) is 12.3. The van der Waals surface area contributed by atoms with E-state index in [4.69, 9.17) is 0 Å². The van der Waals surface area contributed by atoms with Crippen LogP contribution in [0.5, 0.6) is 0 Å². The molecule has 1 fully saturated rings. The zero-order valence-electron chi connectivity index (χ0n) is 14.3. The van der Waals surface area contributed by atoms with Gasteiger partial charge in [0.15, 0.2) is 5.82 Å². The Balaban J connectivity index is 1.49. The van der Waals surface area contributed by atoms with Crippen molar-refractivity contribution in [3.63, 3.8) is 0 Å². The van der Waals surface area contributed by atoms with Crippen molar-refractivity contribution < 1.29 is 0 Å². The first-order valence-corrected chi connectivity index (χ1v) is 8.60. The van der Waals surface area contributed by atoms with Crippen LogP contribution in [0.2, 0.25) is 0 Å². The molecule has 1 N–H and O–H groups in total. The van der Waals surface area contributed by atoms with Crippen LogP contribution in [0.15, 0.2) is 60.9 Å². The molecule has 0 radical (unpaired) electrons. The van der Waals surface area contributed by atoms with Gasteiger partial charge in [-0.25, -0.2) is 9.97 Å². The summed E-state index contributed by atoms with van der Waals surface area (Å²) in [6.45, 7) is 4.04. The average molecular weight is 331 g/mol. The molecule has 1 aliphatic rings. The molecule has 0 amide bonds. The molecule has 4 rings (SSSR count). The maximum absolute atomic E-state index is 4.68. The summed E-state index contributed by atoms with van der Waals surface area (Å²) in [7, 11) is 0. The summed E-state index contributed by atoms with van der Waals surface area (Å²) in [5.74, 6) is 1.60. The quantitative estimate of drug-likeness (QED) is 0.792. The molecule has 5 nitrogen and oxygen atoms in total. The van der Waals surface area contributed by atoms with Crippen molar-refractivity contribution in [3.8, 4) is 11.4 Å². The van der Waals surface area contributed by atoms with Gasteiger partial charge >= 0.3 is 0 Å². The average Bonchev–Trinajstić information content (AvgIpc) is 3.11. The van der Waals surface area contributed by atoms with Gasteiger partial charge in [-0.05, 0) is 37.6 Å². The first kappa shape index (κ1) is 15.6. The van der Waals surface area contributed by atoms with E-state index in [1.54, 1.807) is 12.4 Å². The summed E-state index contributed by atoms with van der Waals surface area (Å²) in [5, 5.41) is 3.58. The van der Waals surface area contributed by atoms with Crippen LogP contribution in [-0.4, -0.2) is 34.1 Å². The van der Waals surface area contributed by atoms with Gasteiger partial charge in [-0.3, -0.25) is 4.98 Å². The van der Waals surface area contributed by atoms with Crippen molar-refractivity contribution in [1.82, 2.24) is 15.0 Å². The van der Waals surface area contributed by atoms with E-state index in [2.05, 4.69) is 55.5 Å². The largest absolute Gasteiger partial charge is 0.369 e. The summed E-state index contributed by atoms with van der Waals surface area (Å²) in [5.41, 5.74) is 3.17. The van der Waals surface area contributed by atoms with Gasteiger partial charge < -0.3 is 10.2 Å². The first-order valence-electron chi connectivity index (χ1n) is 8.60. The van der Waals surface area contributed by atoms with E-state index in [0.29, 0.717) is 11.9 Å². The minimum absolute atomic E-state index is 0.385. The molecule has 25 heavy (non-hydrogen) atoms. The highest BCUT2D eigenvalue weighted by Crippen LogP contribution is 2.23. The number of hydrogen-bond acceptors (Lipinski definition) is 5. The number of rotatable bonds is 4. The van der Waals surface area contributed by atoms with Crippen molar-refractivity contribution in [2.75, 3.05) is 23.3 Å². The number of anilines is 2. The van der Waals surface area contributed by atoms with Crippen LogP contribution >= 0.6 is 0 Å². The highest BCUT2D eigenvalue weighted by Gasteiger charge is 2.23. The summed E-state index contributed by atoms with van der Waals surface area (Å²) in [6, 6.07) is 16.8. The van der Waals surface area contributed by atoms with E-state index in [0.717, 1.165) is 36.6 Å². The maximum atomic E-state index is 4.68. The molecule has 0 spiro atoms. The van der Waals surface area contributed by atoms with Gasteiger partial charge in [-0.1, -0.05) is 18.2 Å². The van der Waals surface area contributed by atoms with Gasteiger partial charge in [0.1, 0.15) is 5.82 Å². The minimum atomic E-state index is 0.385. The molecule has 3 aromatic rings. The van der Waals surface area contributed by atoms with Crippen LogP contribution < -0.4 is 10.2 Å². The van der Waals surface area contributed by atoms with E-state index < -0.39 is 0 Å². The van der Waals surface area contributed by atoms with Crippen LogP contribution in [0.3, 0.4) is 0 Å². The molecule has 2 aromatic heterocycles. The van der Waals surface area contributed by atoms with E-state index in [9.17, 15) is 0 Å². The van der Waals surface area contributed by atoms with E-state index in [1.165, 1.54) is 5.69 Å². The predicted molar refractivity (Wildman–Crippen MR) is 101 cm³/mol. The highest BCUT2D eigenvalue weighted by molar-refractivity contribution is 5.56. The van der Waals surface area contributed by atoms with Crippen LogP contribution in [0.25, 0.3) is 11.4 Å². The Morgan fingerprint density at radius 2 is 1.96 bits per heavy atom. The molecule has 0 bridgehead atoms. The molecule has 3 heterocycles. The van der Waals surface area contributed by atoms with Crippen LogP contribution in [0, 0.1) is 6.92 Å². The van der Waals surface area contributed by atoms with Crippen LogP contribution in [-0.2, 0) is 0 Å². The number of pyridine rings is 1. The second-order valence-corrected chi connectivity index (χ2v) is 6.37. The van der Waals surface area contributed by atoms with Crippen molar-refractivity contribution in [1.29, 1.82) is 0 Å². The number of nitrogens with one attached hydrogen (secondary N) is 1. The third-order valence-electron chi connectivity index (χ3n) is 4.44. The maximum Gasteiger partial charge on any atom is 0.163 e. The predicted octanol–water partition coefficient (Wildman–Crippen LogP) is 3.54. The van der Waals surface area contributed by atoms with Gasteiger partial charge in [0.25, 0.3) is 0 Å². The third kappa shape index (κ3) is 3.60. The number of aromatic nitrogens is 3. The number of para-hydroxylation sites is 1. The Labute approximate surface area is 147 Å². The number of aryl methyl sites for hydroxylation is 1. The topological polar surface area (TPSA) is 53.9 Å². The monoisotopic (exact) mass is 331 g/mol. The van der Waals surface area contributed by atoms with Crippen molar-refractivity contribution in [2.45, 2.75) is 19.4 Å². The van der Waals surface area contributed by atoms with Crippen LogP contribution in [0.1, 0.15) is 12.1 Å². The fourth-order valence-corrected chi connectivity index (χ4v) is 3.23. The summed E-state index contributed by atoms with van der Waals surface area (Å²) in [6.07, 6.45) is 4.65. The third-order valence-corrected chi connectivity index (χ3v) is 4.44. The van der Waals surface area contributed by atoms with E-state index >= 15 is 0 Å². The molecule has 1 atom stereocenters. The molecule has 1 aliphatic heterocycles. The Bertz CT molecular complexity index is 835. The zero-order valence-corrected chi connectivity index (χ0v) is 14.3. The fourth-order valence-electron chi connectivity index (χ4n) is 3.23. The lowest BCUT2D eigenvalue weighted by atomic mass is 10.2. The fraction of sp³-hybridized carbons (Fsp3) is 0.250. The molecule has 126 valence electrons. The summed E-state index contributed by atoms with van der Waals surface area (Å²) in [4.78, 5) is 15.8. The molecule has 1 unspecified atom stereocenters. The SMILES string of the molecule is Cc1cc(NC2CCN(c3ccccc3)C2)nc(-c2cccnc2)n1. The molecule has 0 saturated carbocycles. The number of hydrogen-bond donors (Lipinski definition) is 1. The van der Waals surface area contributed by atoms with Gasteiger partial charge in [-0.15, -0.1) is 0 Å². The standard InChI is InChI=1S/C20H21N5/c1-15-12-19(24-20(22-15)16-6-5-10-21-13-16)23-17-9-11-25(14-17)18-7-3-2-4-8-18/h2-8,10,12-13,17H,9,11,14H2,1H3,(H,22,23,24). The lowest BCUT2D eigenvalue weighted by molar-refractivity contribution is 0.799. The molecular weight excluding hydrogens is 310 g/mol. The second kappa shape index (κ2) is 6.89. The Morgan fingerprint density at radius 1 is 1.08 bits per heavy atom. The lowest BCUT2D eigenvalue weighted by Crippen LogP contribution is -2.26. The Morgan fingerprint density at radius 3 is 2.76 bits per heavy atom. The molecule has 5 heteroatoms. The van der Waals surface area contributed by atoms with Crippen molar-refractivity contribution in [3.05, 3.63) is 66.6 Å². The number of nitrogens with zero attached hydrogens (tertiary/aromatic N) is 4. The van der Waals surface area contributed by atoms with Gasteiger partial charge in [0.2, 0.25) is 0 Å². The lowest BCUT2D eigenvalue weighted by Gasteiger charge is -2.19. The van der Waals surface area contributed by atoms with Gasteiger partial charge in [0.05, 0.1) is 0 Å². The van der Waals surface area contributed by atoms with Gasteiger partial charge in [-0.2, -0.15) is 0 Å². The highest BCUT2D eigenvalue weighted by atomic mass is 15.2. The molecular formula is C20H21N5. The summed E-state index contributed by atoms with van der Waals surface area (Å²) >= 11 is 0. The van der Waals surface area contributed by atoms with Crippen molar-refractivity contribution in [2.24, 2.45) is 0 Å². The van der Waals surface area contributed by atoms with Crippen molar-refractivity contribution >= 4 is 11.5 Å². The Kier molecular flexibility index (Phi) is 4.29.